The molecular weight excluding hydrogens is 769 g/mol. The Morgan fingerprint density at radius 3 is 1.31 bits per heavy atom. The van der Waals surface area contributed by atoms with Crippen LogP contribution in [0.2, 0.25) is 0 Å². The van der Waals surface area contributed by atoms with Gasteiger partial charge in [-0.15, -0.1) is 0 Å². The third-order valence-corrected chi connectivity index (χ3v) is 10.0. The van der Waals surface area contributed by atoms with Gasteiger partial charge in [-0.2, -0.15) is 28.6 Å². The van der Waals surface area contributed by atoms with Gasteiger partial charge in [0.15, 0.2) is 23.0 Å². The number of aryl methyl sites for hydroxylation is 1. The summed E-state index contributed by atoms with van der Waals surface area (Å²) in [4.78, 5) is 26.4. The molecule has 4 aromatic carbocycles. The maximum Gasteiger partial charge on any atom is 0.294 e. The Morgan fingerprint density at radius 2 is 0.966 bits per heavy atom. The number of carbonyl (C=O) groups is 2. The molecule has 1 N–H and O–H groups in total. The Bertz CT molecular complexity index is 2430. The number of benzene rings is 4. The second kappa shape index (κ2) is 17.2. The molecular formula is C42H42N4O11S. The van der Waals surface area contributed by atoms with Crippen molar-refractivity contribution in [1.82, 2.24) is 0 Å². The molecule has 4 aromatic rings. The summed E-state index contributed by atoms with van der Waals surface area (Å²) in [7, 11) is 1.63. The van der Waals surface area contributed by atoms with E-state index in [2.05, 4.69) is 10.2 Å². The second-order valence-corrected chi connectivity index (χ2v) is 14.5. The van der Waals surface area contributed by atoms with Crippen LogP contribution >= 0.6 is 0 Å². The highest BCUT2D eigenvalue weighted by Gasteiger charge is 2.31. The number of methoxy groups -OCH3 is 4. The maximum absolute atomic E-state index is 13.4. The van der Waals surface area contributed by atoms with Crippen LogP contribution in [0.4, 0.5) is 11.4 Å². The summed E-state index contributed by atoms with van der Waals surface area (Å²) in [5, 5.41) is 11.4. The molecule has 0 bridgehead atoms. The summed E-state index contributed by atoms with van der Waals surface area (Å²) in [6, 6.07) is 19.6. The Kier molecular flexibility index (Phi) is 12.2. The third kappa shape index (κ3) is 8.67. The molecule has 0 radical (unpaired) electrons. The Labute approximate surface area is 336 Å². The van der Waals surface area contributed by atoms with Crippen LogP contribution in [0.1, 0.15) is 37.0 Å². The normalized spacial score (nSPS) is 15.5. The van der Waals surface area contributed by atoms with Gasteiger partial charge in [0.25, 0.3) is 21.9 Å². The number of nitrogens with zero attached hydrogens (tertiary/aromatic N) is 4. The van der Waals surface area contributed by atoms with Gasteiger partial charge < -0.3 is 28.4 Å². The molecule has 2 heterocycles. The van der Waals surface area contributed by atoms with Gasteiger partial charge in [-0.05, 0) is 105 Å². The zero-order chi connectivity index (χ0) is 41.7. The van der Waals surface area contributed by atoms with E-state index in [1.54, 1.807) is 50.3 Å². The van der Waals surface area contributed by atoms with E-state index < -0.39 is 16.0 Å². The van der Waals surface area contributed by atoms with Crippen LogP contribution in [0.3, 0.4) is 0 Å². The van der Waals surface area contributed by atoms with Gasteiger partial charge in [0, 0.05) is 6.42 Å². The van der Waals surface area contributed by atoms with E-state index in [1.165, 1.54) is 57.7 Å². The van der Waals surface area contributed by atoms with Gasteiger partial charge >= 0.3 is 0 Å². The lowest BCUT2D eigenvalue weighted by atomic mass is 10.1. The lowest BCUT2D eigenvalue weighted by molar-refractivity contribution is -0.115. The predicted molar refractivity (Wildman–Crippen MR) is 219 cm³/mol. The summed E-state index contributed by atoms with van der Waals surface area (Å²) in [5.41, 5.74) is 5.07. The molecule has 2 amide bonds. The van der Waals surface area contributed by atoms with Crippen LogP contribution in [-0.2, 0) is 19.7 Å². The first-order valence-electron chi connectivity index (χ1n) is 17.9. The second-order valence-electron chi connectivity index (χ2n) is 13.1. The first-order chi connectivity index (χ1) is 27.8. The Balaban J connectivity index is 1.11. The number of ether oxygens (including phenoxy) is 6. The minimum Gasteiger partial charge on any atom is -0.493 e. The Morgan fingerprint density at radius 1 is 0.603 bits per heavy atom. The van der Waals surface area contributed by atoms with E-state index in [0.29, 0.717) is 86.0 Å². The molecule has 2 aliphatic heterocycles. The minimum atomic E-state index is -4.39. The van der Waals surface area contributed by atoms with Crippen molar-refractivity contribution in [1.29, 1.82) is 0 Å². The number of carbonyl (C=O) groups excluding carboxylic acids is 2. The topological polar surface area (TPSA) is 175 Å². The number of amides is 2. The molecule has 0 atom stereocenters. The van der Waals surface area contributed by atoms with Crippen molar-refractivity contribution in [3.63, 3.8) is 0 Å². The van der Waals surface area contributed by atoms with Crippen molar-refractivity contribution in [3.8, 4) is 34.5 Å². The molecule has 58 heavy (non-hydrogen) atoms. The molecule has 0 fully saturated rings. The van der Waals surface area contributed by atoms with Gasteiger partial charge in [-0.25, -0.2) is 0 Å². The highest BCUT2D eigenvalue weighted by molar-refractivity contribution is 7.85. The van der Waals surface area contributed by atoms with E-state index in [9.17, 15) is 22.6 Å². The molecule has 6 rings (SSSR count). The lowest BCUT2D eigenvalue weighted by Crippen LogP contribution is -2.21. The first kappa shape index (κ1) is 41.0. The van der Waals surface area contributed by atoms with Crippen LogP contribution < -0.4 is 38.4 Å². The van der Waals surface area contributed by atoms with Crippen molar-refractivity contribution in [2.45, 2.75) is 32.1 Å². The summed E-state index contributed by atoms with van der Waals surface area (Å²) in [6.45, 7) is 5.89. The van der Waals surface area contributed by atoms with Crippen LogP contribution in [0.5, 0.6) is 34.5 Å². The molecule has 0 aliphatic carbocycles. The summed E-state index contributed by atoms with van der Waals surface area (Å²) in [6.07, 6.45) is 3.83. The number of hydrogen-bond donors (Lipinski definition) is 1. The fourth-order valence-electron chi connectivity index (χ4n) is 6.16. The SMILES string of the molecule is COc1cc(/C=C2/C(=O)N(c3ccc(C)cc3)N=C2C)cc(OC)c1OCCCOc1c(OC)cc(/C=C2/C(=O)N(c3ccc(S(=O)(=O)O)cc3)N=C2C)cc1OC. The van der Waals surface area contributed by atoms with Crippen LogP contribution in [0, 0.1) is 6.92 Å². The fraction of sp³-hybridized carbons (Fsp3) is 0.238. The minimum absolute atomic E-state index is 0.218. The van der Waals surface area contributed by atoms with Crippen LogP contribution in [-0.4, -0.2) is 77.9 Å². The van der Waals surface area contributed by atoms with E-state index in [4.69, 9.17) is 28.4 Å². The molecule has 2 aliphatic rings. The summed E-state index contributed by atoms with van der Waals surface area (Å²) < 4.78 is 67.0. The molecule has 0 unspecified atom stereocenters. The van der Waals surface area contributed by atoms with E-state index in [0.717, 1.165) is 10.6 Å². The molecule has 0 aromatic heterocycles. The zero-order valence-electron chi connectivity index (χ0n) is 32.9. The quantitative estimate of drug-likeness (QED) is 0.0765. The number of rotatable bonds is 15. The summed E-state index contributed by atoms with van der Waals surface area (Å²) >= 11 is 0. The van der Waals surface area contributed by atoms with Crippen molar-refractivity contribution in [3.05, 3.63) is 101 Å². The van der Waals surface area contributed by atoms with Crippen molar-refractivity contribution >= 4 is 56.9 Å². The molecule has 302 valence electrons. The molecule has 16 heteroatoms. The predicted octanol–water partition coefficient (Wildman–Crippen LogP) is 6.74. The monoisotopic (exact) mass is 810 g/mol. The molecule has 0 saturated heterocycles. The molecule has 0 spiro atoms. The third-order valence-electron chi connectivity index (χ3n) is 9.15. The highest BCUT2D eigenvalue weighted by Crippen LogP contribution is 2.41. The average molecular weight is 811 g/mol. The molecule has 0 saturated carbocycles. The van der Waals surface area contributed by atoms with Gasteiger partial charge in [0.05, 0.1) is 80.5 Å². The van der Waals surface area contributed by atoms with Crippen molar-refractivity contribution in [2.75, 3.05) is 51.7 Å². The number of hydrogen-bond acceptors (Lipinski definition) is 12. The first-order valence-corrected chi connectivity index (χ1v) is 19.4. The number of hydrazone groups is 2. The van der Waals surface area contributed by atoms with Gasteiger partial charge in [0.2, 0.25) is 11.5 Å². The van der Waals surface area contributed by atoms with Gasteiger partial charge in [0.1, 0.15) is 0 Å². The lowest BCUT2D eigenvalue weighted by Gasteiger charge is -2.17. The average Bonchev–Trinajstić information content (AvgIpc) is 3.65. The van der Waals surface area contributed by atoms with Gasteiger partial charge in [-0.1, -0.05) is 17.7 Å². The van der Waals surface area contributed by atoms with Gasteiger partial charge in [-0.3, -0.25) is 14.1 Å². The van der Waals surface area contributed by atoms with E-state index in [1.807, 2.05) is 31.2 Å². The van der Waals surface area contributed by atoms with Crippen molar-refractivity contribution in [2.24, 2.45) is 10.2 Å². The Hall–Kier alpha value is -6.65. The van der Waals surface area contributed by atoms with E-state index >= 15 is 0 Å². The summed E-state index contributed by atoms with van der Waals surface area (Å²) in [5.74, 6) is 1.61. The molecule has 15 nitrogen and oxygen atoms in total. The highest BCUT2D eigenvalue weighted by atomic mass is 32.2. The van der Waals surface area contributed by atoms with Crippen molar-refractivity contribution < 1.29 is 51.0 Å². The zero-order valence-corrected chi connectivity index (χ0v) is 33.7. The maximum atomic E-state index is 13.4. The van der Waals surface area contributed by atoms with Crippen LogP contribution in [0.15, 0.2) is 99.0 Å². The standard InChI is InChI=1S/C42H42N4O11S/c1-25-9-11-30(12-10-25)45-41(47)33(26(2)43-45)19-28-21-35(52-4)39(36(22-28)53-5)56-17-8-18-57-40-37(54-6)23-29(24-38(40)55-7)20-34-27(3)44-46(42(34)48)31-13-15-32(16-14-31)58(49,50)51/h9-16,19-24H,8,17-18H2,1-7H3,(H,49,50,51)/b33-19+,34-20+. The fourth-order valence-corrected chi connectivity index (χ4v) is 6.64. The number of anilines is 2. The van der Waals surface area contributed by atoms with Crippen LogP contribution in [0.25, 0.3) is 12.2 Å². The van der Waals surface area contributed by atoms with E-state index in [-0.39, 0.29) is 24.0 Å². The smallest absolute Gasteiger partial charge is 0.294 e. The largest absolute Gasteiger partial charge is 0.493 e.